The summed E-state index contributed by atoms with van der Waals surface area (Å²) in [4.78, 5) is 17.3. The molecule has 0 radical (unpaired) electrons. The standard InChI is InChI=1S/C17H25N3O/c18-15-10-7-13-20(15)17(21)16(14-8-3-1-4-9-14)19-11-5-2-6-12-19/h1,3-4,8-9,15-16H,2,5-7,10-13,18H2/t15-,16-/m1/s1. The summed E-state index contributed by atoms with van der Waals surface area (Å²) in [7, 11) is 0. The molecule has 3 rings (SSSR count). The second kappa shape index (κ2) is 6.58. The molecule has 2 fully saturated rings. The number of nitrogens with two attached hydrogens (primary N) is 1. The van der Waals surface area contributed by atoms with Crippen LogP contribution in [0.1, 0.15) is 43.7 Å². The molecule has 1 aromatic carbocycles. The third-order valence-electron chi connectivity index (χ3n) is 4.69. The van der Waals surface area contributed by atoms with E-state index in [4.69, 9.17) is 5.73 Å². The zero-order valence-corrected chi connectivity index (χ0v) is 12.6. The molecule has 2 aliphatic heterocycles. The van der Waals surface area contributed by atoms with Gasteiger partial charge in [0.15, 0.2) is 0 Å². The van der Waals surface area contributed by atoms with Gasteiger partial charge in [-0.25, -0.2) is 0 Å². The number of hydrogen-bond acceptors (Lipinski definition) is 3. The van der Waals surface area contributed by atoms with Crippen LogP contribution in [0.5, 0.6) is 0 Å². The van der Waals surface area contributed by atoms with Gasteiger partial charge in [0.05, 0.1) is 6.17 Å². The predicted octanol–water partition coefficient (Wildman–Crippen LogP) is 2.12. The van der Waals surface area contributed by atoms with Crippen LogP contribution >= 0.6 is 0 Å². The number of piperidine rings is 1. The average Bonchev–Trinajstić information content (AvgIpc) is 2.96. The Labute approximate surface area is 126 Å². The van der Waals surface area contributed by atoms with Crippen LogP contribution in [-0.2, 0) is 4.79 Å². The first-order chi connectivity index (χ1) is 10.3. The predicted molar refractivity (Wildman–Crippen MR) is 83.5 cm³/mol. The van der Waals surface area contributed by atoms with Crippen LogP contribution in [-0.4, -0.2) is 41.5 Å². The number of nitrogens with zero attached hydrogens (tertiary/aromatic N) is 2. The molecule has 114 valence electrons. The van der Waals surface area contributed by atoms with Gasteiger partial charge in [0.25, 0.3) is 0 Å². The molecular weight excluding hydrogens is 262 g/mol. The molecule has 0 spiro atoms. The molecule has 2 heterocycles. The number of benzene rings is 1. The highest BCUT2D eigenvalue weighted by Gasteiger charge is 2.35. The average molecular weight is 287 g/mol. The number of carbonyl (C=O) groups is 1. The van der Waals surface area contributed by atoms with Crippen LogP contribution in [0.2, 0.25) is 0 Å². The van der Waals surface area contributed by atoms with Crippen LogP contribution in [0, 0.1) is 0 Å². The topological polar surface area (TPSA) is 49.6 Å². The van der Waals surface area contributed by atoms with Crippen LogP contribution < -0.4 is 5.73 Å². The number of carbonyl (C=O) groups excluding carboxylic acids is 1. The Morgan fingerprint density at radius 1 is 1.05 bits per heavy atom. The molecule has 0 bridgehead atoms. The minimum atomic E-state index is -0.157. The molecule has 0 aliphatic carbocycles. The Hall–Kier alpha value is -1.39. The van der Waals surface area contributed by atoms with Crippen LogP contribution in [0.15, 0.2) is 30.3 Å². The lowest BCUT2D eigenvalue weighted by molar-refractivity contribution is -0.138. The van der Waals surface area contributed by atoms with E-state index in [1.165, 1.54) is 19.3 Å². The maximum absolute atomic E-state index is 13.1. The molecule has 2 N–H and O–H groups in total. The molecule has 4 nitrogen and oxygen atoms in total. The Kier molecular flexibility index (Phi) is 4.56. The zero-order chi connectivity index (χ0) is 14.7. The van der Waals surface area contributed by atoms with Crippen molar-refractivity contribution in [2.45, 2.75) is 44.3 Å². The van der Waals surface area contributed by atoms with Gasteiger partial charge in [0.1, 0.15) is 6.04 Å². The molecule has 2 aliphatic rings. The molecule has 2 saturated heterocycles. The molecule has 2 atom stereocenters. The van der Waals surface area contributed by atoms with Crippen molar-refractivity contribution in [3.63, 3.8) is 0 Å². The summed E-state index contributed by atoms with van der Waals surface area (Å²) in [5, 5.41) is 0. The smallest absolute Gasteiger partial charge is 0.245 e. The molecule has 1 aromatic rings. The fraction of sp³-hybridized carbons (Fsp3) is 0.588. The van der Waals surface area contributed by atoms with E-state index in [-0.39, 0.29) is 18.1 Å². The minimum Gasteiger partial charge on any atom is -0.326 e. The highest BCUT2D eigenvalue weighted by Crippen LogP contribution is 2.28. The van der Waals surface area contributed by atoms with E-state index in [0.717, 1.165) is 38.0 Å². The summed E-state index contributed by atoms with van der Waals surface area (Å²) in [6.07, 6.45) is 5.48. The van der Waals surface area contributed by atoms with Gasteiger partial charge < -0.3 is 10.6 Å². The van der Waals surface area contributed by atoms with Gasteiger partial charge in [-0.1, -0.05) is 36.8 Å². The van der Waals surface area contributed by atoms with Crippen LogP contribution in [0.25, 0.3) is 0 Å². The SMILES string of the molecule is N[C@H]1CCCN1C(=O)[C@@H](c1ccccc1)N1CCCCC1. The molecular formula is C17H25N3O. The van der Waals surface area contributed by atoms with E-state index in [1.807, 2.05) is 23.1 Å². The lowest BCUT2D eigenvalue weighted by Gasteiger charge is -2.37. The van der Waals surface area contributed by atoms with E-state index in [9.17, 15) is 4.79 Å². The highest BCUT2D eigenvalue weighted by atomic mass is 16.2. The Morgan fingerprint density at radius 3 is 2.38 bits per heavy atom. The van der Waals surface area contributed by atoms with Crippen molar-refractivity contribution in [3.8, 4) is 0 Å². The second-order valence-electron chi connectivity index (χ2n) is 6.15. The van der Waals surface area contributed by atoms with E-state index < -0.39 is 0 Å². The van der Waals surface area contributed by atoms with Crippen LogP contribution in [0.3, 0.4) is 0 Å². The van der Waals surface area contributed by atoms with Gasteiger partial charge in [-0.05, 0) is 44.3 Å². The van der Waals surface area contributed by atoms with Crippen molar-refractivity contribution in [3.05, 3.63) is 35.9 Å². The van der Waals surface area contributed by atoms with Crippen molar-refractivity contribution < 1.29 is 4.79 Å². The van der Waals surface area contributed by atoms with Crippen LogP contribution in [0.4, 0.5) is 0 Å². The van der Waals surface area contributed by atoms with Gasteiger partial charge in [-0.2, -0.15) is 0 Å². The van der Waals surface area contributed by atoms with Gasteiger partial charge in [0, 0.05) is 6.54 Å². The van der Waals surface area contributed by atoms with E-state index in [2.05, 4.69) is 17.0 Å². The Balaban J connectivity index is 1.86. The zero-order valence-electron chi connectivity index (χ0n) is 12.6. The normalized spacial score (nSPS) is 25.0. The van der Waals surface area contributed by atoms with E-state index in [0.29, 0.717) is 0 Å². The van der Waals surface area contributed by atoms with Gasteiger partial charge >= 0.3 is 0 Å². The molecule has 21 heavy (non-hydrogen) atoms. The molecule has 0 unspecified atom stereocenters. The van der Waals surface area contributed by atoms with Gasteiger partial charge in [-0.15, -0.1) is 0 Å². The quantitative estimate of drug-likeness (QED) is 0.926. The number of amides is 1. The summed E-state index contributed by atoms with van der Waals surface area (Å²) in [5.41, 5.74) is 7.21. The first kappa shape index (κ1) is 14.5. The van der Waals surface area contributed by atoms with Gasteiger partial charge in [-0.3, -0.25) is 9.69 Å². The largest absolute Gasteiger partial charge is 0.326 e. The minimum absolute atomic E-state index is 0.103. The summed E-state index contributed by atoms with van der Waals surface area (Å²) in [6, 6.07) is 10.0. The first-order valence-corrected chi connectivity index (χ1v) is 8.12. The maximum Gasteiger partial charge on any atom is 0.245 e. The first-order valence-electron chi connectivity index (χ1n) is 8.12. The van der Waals surface area contributed by atoms with Crippen molar-refractivity contribution in [2.75, 3.05) is 19.6 Å². The summed E-state index contributed by atoms with van der Waals surface area (Å²) < 4.78 is 0. The maximum atomic E-state index is 13.1. The number of rotatable bonds is 3. The lowest BCUT2D eigenvalue weighted by atomic mass is 10.0. The summed E-state index contributed by atoms with van der Waals surface area (Å²) in [6.45, 7) is 2.82. The Bertz CT molecular complexity index is 470. The number of hydrogen-bond donors (Lipinski definition) is 1. The fourth-order valence-corrected chi connectivity index (χ4v) is 3.54. The highest BCUT2D eigenvalue weighted by molar-refractivity contribution is 5.83. The summed E-state index contributed by atoms with van der Waals surface area (Å²) >= 11 is 0. The number of likely N-dealkylation sites (tertiary alicyclic amines) is 2. The lowest BCUT2D eigenvalue weighted by Crippen LogP contribution is -2.48. The third kappa shape index (κ3) is 3.11. The van der Waals surface area contributed by atoms with Crippen molar-refractivity contribution in [2.24, 2.45) is 5.73 Å². The fourth-order valence-electron chi connectivity index (χ4n) is 3.54. The summed E-state index contributed by atoms with van der Waals surface area (Å²) in [5.74, 6) is 0.188. The molecule has 1 amide bonds. The van der Waals surface area contributed by atoms with E-state index in [1.54, 1.807) is 0 Å². The Morgan fingerprint density at radius 2 is 1.76 bits per heavy atom. The molecule has 0 aromatic heterocycles. The third-order valence-corrected chi connectivity index (χ3v) is 4.69. The van der Waals surface area contributed by atoms with Crippen molar-refractivity contribution >= 4 is 5.91 Å². The second-order valence-corrected chi connectivity index (χ2v) is 6.15. The van der Waals surface area contributed by atoms with Crippen molar-refractivity contribution in [1.82, 2.24) is 9.80 Å². The molecule has 4 heteroatoms. The monoisotopic (exact) mass is 287 g/mol. The van der Waals surface area contributed by atoms with E-state index >= 15 is 0 Å². The van der Waals surface area contributed by atoms with Crippen molar-refractivity contribution in [1.29, 1.82) is 0 Å². The van der Waals surface area contributed by atoms with Gasteiger partial charge in [0.2, 0.25) is 5.91 Å². The molecule has 0 saturated carbocycles.